The SMILES string of the molecule is CC/C=C\C/C=C\C/C=C\C/C=C\C/C=C\CC(=O)OCC(COCCCCCCCCCC)OC(=O)CCCCCCCCCCC. The molecule has 0 aromatic carbocycles. The van der Waals surface area contributed by atoms with Crippen molar-refractivity contribution < 1.29 is 23.8 Å². The molecule has 0 saturated carbocycles. The summed E-state index contributed by atoms with van der Waals surface area (Å²) in [6, 6.07) is 0. The van der Waals surface area contributed by atoms with Crippen LogP contribution >= 0.6 is 0 Å². The van der Waals surface area contributed by atoms with Crippen molar-refractivity contribution in [1.29, 1.82) is 0 Å². The lowest BCUT2D eigenvalue weighted by molar-refractivity contribution is -0.162. The number of esters is 2. The number of carbonyl (C=O) groups is 2. The predicted molar refractivity (Wildman–Crippen MR) is 205 cm³/mol. The molecule has 0 spiro atoms. The topological polar surface area (TPSA) is 61.8 Å². The van der Waals surface area contributed by atoms with Gasteiger partial charge >= 0.3 is 11.9 Å². The Morgan fingerprint density at radius 1 is 0.479 bits per heavy atom. The number of rotatable bonds is 35. The van der Waals surface area contributed by atoms with Gasteiger partial charge in [-0.05, 0) is 44.9 Å². The molecule has 276 valence electrons. The zero-order valence-corrected chi connectivity index (χ0v) is 31.5. The quantitative estimate of drug-likeness (QED) is 0.0381. The fraction of sp³-hybridized carbons (Fsp3) is 0.721. The molecule has 0 fully saturated rings. The Morgan fingerprint density at radius 2 is 0.917 bits per heavy atom. The Kier molecular flexibility index (Phi) is 37.1. The van der Waals surface area contributed by atoms with E-state index in [9.17, 15) is 9.59 Å². The zero-order valence-electron chi connectivity index (χ0n) is 31.5. The summed E-state index contributed by atoms with van der Waals surface area (Å²) < 4.78 is 17.0. The van der Waals surface area contributed by atoms with Gasteiger partial charge in [0.05, 0.1) is 13.0 Å². The summed E-state index contributed by atoms with van der Waals surface area (Å²) in [5.41, 5.74) is 0. The molecule has 0 rings (SSSR count). The van der Waals surface area contributed by atoms with E-state index >= 15 is 0 Å². The molecular weight excluding hydrogens is 596 g/mol. The highest BCUT2D eigenvalue weighted by molar-refractivity contribution is 5.71. The Bertz CT molecular complexity index is 853. The number of hydrogen-bond acceptors (Lipinski definition) is 5. The number of carbonyl (C=O) groups excluding carboxylic acids is 2. The summed E-state index contributed by atoms with van der Waals surface area (Å²) >= 11 is 0. The van der Waals surface area contributed by atoms with Crippen molar-refractivity contribution in [1.82, 2.24) is 0 Å². The van der Waals surface area contributed by atoms with Crippen LogP contribution in [0.5, 0.6) is 0 Å². The lowest BCUT2D eigenvalue weighted by Gasteiger charge is -2.18. The highest BCUT2D eigenvalue weighted by atomic mass is 16.6. The van der Waals surface area contributed by atoms with Gasteiger partial charge < -0.3 is 14.2 Å². The maximum absolute atomic E-state index is 12.6. The van der Waals surface area contributed by atoms with Crippen molar-refractivity contribution in [2.45, 2.75) is 181 Å². The van der Waals surface area contributed by atoms with Gasteiger partial charge in [-0.1, -0.05) is 178 Å². The fourth-order valence-electron chi connectivity index (χ4n) is 5.17. The van der Waals surface area contributed by atoms with E-state index in [1.807, 2.05) is 12.2 Å². The molecule has 1 unspecified atom stereocenters. The first kappa shape index (κ1) is 45.6. The molecule has 5 nitrogen and oxygen atoms in total. The molecule has 0 bridgehead atoms. The fourth-order valence-corrected chi connectivity index (χ4v) is 5.17. The van der Waals surface area contributed by atoms with E-state index < -0.39 is 6.10 Å². The van der Waals surface area contributed by atoms with Crippen LogP contribution < -0.4 is 0 Å². The van der Waals surface area contributed by atoms with E-state index in [4.69, 9.17) is 14.2 Å². The van der Waals surface area contributed by atoms with Crippen molar-refractivity contribution in [2.75, 3.05) is 19.8 Å². The third-order valence-corrected chi connectivity index (χ3v) is 8.10. The first-order valence-corrected chi connectivity index (χ1v) is 19.8. The van der Waals surface area contributed by atoms with Crippen molar-refractivity contribution >= 4 is 11.9 Å². The van der Waals surface area contributed by atoms with Gasteiger partial charge in [-0.2, -0.15) is 0 Å². The minimum absolute atomic E-state index is 0.0322. The van der Waals surface area contributed by atoms with Crippen LogP contribution in [-0.2, 0) is 23.8 Å². The van der Waals surface area contributed by atoms with Gasteiger partial charge in [0.1, 0.15) is 6.61 Å². The molecule has 0 aromatic heterocycles. The predicted octanol–water partition coefficient (Wildman–Crippen LogP) is 12.7. The molecule has 0 saturated heterocycles. The highest BCUT2D eigenvalue weighted by Gasteiger charge is 2.17. The average molecular weight is 671 g/mol. The monoisotopic (exact) mass is 671 g/mol. The van der Waals surface area contributed by atoms with E-state index in [2.05, 4.69) is 69.4 Å². The maximum Gasteiger partial charge on any atom is 0.309 e. The van der Waals surface area contributed by atoms with Crippen LogP contribution in [0, 0.1) is 0 Å². The van der Waals surface area contributed by atoms with Gasteiger partial charge in [0.2, 0.25) is 0 Å². The minimum Gasteiger partial charge on any atom is -0.461 e. The number of ether oxygens (including phenoxy) is 3. The van der Waals surface area contributed by atoms with Crippen molar-refractivity contribution in [3.63, 3.8) is 0 Å². The molecule has 48 heavy (non-hydrogen) atoms. The number of unbranched alkanes of at least 4 members (excludes halogenated alkanes) is 15. The smallest absolute Gasteiger partial charge is 0.309 e. The molecular formula is C43H74O5. The van der Waals surface area contributed by atoms with Crippen LogP contribution in [-0.4, -0.2) is 37.9 Å². The van der Waals surface area contributed by atoms with E-state index in [0.29, 0.717) is 13.0 Å². The summed E-state index contributed by atoms with van der Waals surface area (Å²) in [4.78, 5) is 24.9. The lowest BCUT2D eigenvalue weighted by Crippen LogP contribution is -2.30. The summed E-state index contributed by atoms with van der Waals surface area (Å²) in [6.45, 7) is 7.55. The van der Waals surface area contributed by atoms with Crippen molar-refractivity contribution in [2.24, 2.45) is 0 Å². The Labute approximate surface area is 296 Å². The largest absolute Gasteiger partial charge is 0.461 e. The Balaban J connectivity index is 4.35. The lowest BCUT2D eigenvalue weighted by atomic mass is 10.1. The third-order valence-electron chi connectivity index (χ3n) is 8.10. The number of hydrogen-bond donors (Lipinski definition) is 0. The standard InChI is InChI=1S/C43H74O5/c1-4-7-10-13-16-19-20-21-22-23-24-26-27-30-33-36-42(44)47-40-41(39-46-38-35-32-29-18-15-12-9-6-3)48-43(45)37-34-31-28-25-17-14-11-8-5-2/h7,10,16,19,21-22,24,26,30,33,41H,4-6,8-9,11-15,17-18,20,23,25,27-29,31-32,34-40H2,1-3H3/b10-7-,19-16-,22-21-,26-24-,33-30-. The normalized spacial score (nSPS) is 12.8. The number of allylic oxidation sites excluding steroid dienone is 9. The van der Waals surface area contributed by atoms with E-state index in [-0.39, 0.29) is 31.6 Å². The van der Waals surface area contributed by atoms with E-state index in [1.54, 1.807) is 0 Å². The second kappa shape index (κ2) is 39.0. The second-order valence-electron chi connectivity index (χ2n) is 12.8. The van der Waals surface area contributed by atoms with Gasteiger partial charge in [-0.15, -0.1) is 0 Å². The van der Waals surface area contributed by atoms with Crippen LogP contribution in [0.1, 0.15) is 175 Å². The molecule has 0 aliphatic carbocycles. The van der Waals surface area contributed by atoms with Crippen LogP contribution in [0.25, 0.3) is 0 Å². The molecule has 0 radical (unpaired) electrons. The molecule has 0 aliphatic rings. The van der Waals surface area contributed by atoms with Gasteiger partial charge in [-0.3, -0.25) is 9.59 Å². The average Bonchev–Trinajstić information content (AvgIpc) is 3.08. The van der Waals surface area contributed by atoms with Crippen LogP contribution in [0.2, 0.25) is 0 Å². The minimum atomic E-state index is -0.567. The summed E-state index contributed by atoms with van der Waals surface area (Å²) in [5, 5.41) is 0. The van der Waals surface area contributed by atoms with Gasteiger partial charge in [0.15, 0.2) is 6.10 Å². The molecule has 0 amide bonds. The highest BCUT2D eigenvalue weighted by Crippen LogP contribution is 2.12. The summed E-state index contributed by atoms with van der Waals surface area (Å²) in [6.07, 6.45) is 46.7. The zero-order chi connectivity index (χ0) is 35.0. The molecule has 0 N–H and O–H groups in total. The molecule has 0 aliphatic heterocycles. The van der Waals surface area contributed by atoms with Gasteiger partial charge in [-0.25, -0.2) is 0 Å². The van der Waals surface area contributed by atoms with Gasteiger partial charge in [0.25, 0.3) is 0 Å². The summed E-state index contributed by atoms with van der Waals surface area (Å²) in [7, 11) is 0. The molecule has 0 heterocycles. The first-order chi connectivity index (χ1) is 23.6. The van der Waals surface area contributed by atoms with Crippen molar-refractivity contribution in [3.8, 4) is 0 Å². The second-order valence-corrected chi connectivity index (χ2v) is 12.8. The first-order valence-electron chi connectivity index (χ1n) is 19.8. The summed E-state index contributed by atoms with van der Waals surface area (Å²) in [5.74, 6) is -0.549. The molecule has 0 aromatic rings. The molecule has 5 heteroatoms. The van der Waals surface area contributed by atoms with Crippen LogP contribution in [0.3, 0.4) is 0 Å². The Hall–Kier alpha value is -2.40. The van der Waals surface area contributed by atoms with E-state index in [0.717, 1.165) is 64.2 Å². The van der Waals surface area contributed by atoms with E-state index in [1.165, 1.54) is 77.0 Å². The van der Waals surface area contributed by atoms with Gasteiger partial charge in [0, 0.05) is 13.0 Å². The van der Waals surface area contributed by atoms with Crippen molar-refractivity contribution in [3.05, 3.63) is 60.8 Å². The molecule has 1 atom stereocenters. The maximum atomic E-state index is 12.6. The van der Waals surface area contributed by atoms with Crippen LogP contribution in [0.4, 0.5) is 0 Å². The Morgan fingerprint density at radius 3 is 1.42 bits per heavy atom. The van der Waals surface area contributed by atoms with Crippen LogP contribution in [0.15, 0.2) is 60.8 Å². The third kappa shape index (κ3) is 36.4.